The summed E-state index contributed by atoms with van der Waals surface area (Å²) in [6.45, 7) is -1.56. The van der Waals surface area contributed by atoms with E-state index in [1.807, 2.05) is 115 Å². The molecule has 2 saturated heterocycles. The number of fused-ring (bicyclic) bond motifs is 8. The van der Waals surface area contributed by atoms with E-state index in [4.69, 9.17) is 28.9 Å². The molecule has 5 aliphatic rings. The molecule has 15 atom stereocenters. The molecule has 7 aromatic rings. The molecular formula is C63H64N4O16S. The third-order valence-electron chi connectivity index (χ3n) is 16.4. The van der Waals surface area contributed by atoms with Gasteiger partial charge in [-0.3, -0.25) is 4.98 Å². The lowest BCUT2D eigenvalue weighted by Gasteiger charge is -2.39. The maximum atomic E-state index is 10.9. The van der Waals surface area contributed by atoms with Crippen LogP contribution >= 0.6 is 11.8 Å². The van der Waals surface area contributed by atoms with Crippen LogP contribution in [0.5, 0.6) is 11.5 Å². The molecule has 8 bridgehead atoms. The molecule has 0 radical (unpaired) electrons. The number of aromatic nitrogens is 4. The summed E-state index contributed by atoms with van der Waals surface area (Å²) in [5, 5.41) is 125. The lowest BCUT2D eigenvalue weighted by molar-refractivity contribution is -0.277. The molecule has 84 heavy (non-hydrogen) atoms. The third kappa shape index (κ3) is 11.1. The number of nitrogens with zero attached hydrogens (tertiary/aromatic N) is 2. The van der Waals surface area contributed by atoms with E-state index in [2.05, 4.69) is 9.97 Å². The molecule has 3 fully saturated rings. The van der Waals surface area contributed by atoms with Crippen molar-refractivity contribution in [3.63, 3.8) is 0 Å². The van der Waals surface area contributed by atoms with Gasteiger partial charge in [0.05, 0.1) is 42.1 Å². The zero-order valence-electron chi connectivity index (χ0n) is 45.0. The quantitative estimate of drug-likeness (QED) is 0.0779. The minimum Gasteiger partial charge on any atom is -0.488 e. The summed E-state index contributed by atoms with van der Waals surface area (Å²) in [4.78, 5) is 19.0. The number of nitrogens with one attached hydrogen (secondary N) is 2. The second-order valence-electron chi connectivity index (χ2n) is 21.7. The van der Waals surface area contributed by atoms with Crippen LogP contribution in [-0.4, -0.2) is 186 Å². The van der Waals surface area contributed by atoms with Gasteiger partial charge in [0.2, 0.25) is 6.29 Å². The molecule has 21 heteroatoms. The molecule has 438 valence electrons. The van der Waals surface area contributed by atoms with Gasteiger partial charge in [-0.2, -0.15) is 0 Å². The molecule has 0 unspecified atom stereocenters. The molecule has 4 aliphatic heterocycles. The molecular weight excluding hydrogens is 1100 g/mol. The van der Waals surface area contributed by atoms with E-state index < -0.39 is 104 Å². The fourth-order valence-electron chi connectivity index (χ4n) is 11.8. The van der Waals surface area contributed by atoms with Crippen LogP contribution in [0.2, 0.25) is 0 Å². The van der Waals surface area contributed by atoms with Crippen LogP contribution in [0.4, 0.5) is 0 Å². The van der Waals surface area contributed by atoms with Gasteiger partial charge in [0.15, 0.2) is 0 Å². The van der Waals surface area contributed by atoms with Crippen LogP contribution in [-0.2, 0) is 22.3 Å². The summed E-state index contributed by atoms with van der Waals surface area (Å²) in [6.07, 6.45) is -12.9. The van der Waals surface area contributed by atoms with Crippen LogP contribution in [0.3, 0.4) is 0 Å². The smallest absolute Gasteiger partial charge is 0.229 e. The zero-order valence-corrected chi connectivity index (χ0v) is 45.8. The summed E-state index contributed by atoms with van der Waals surface area (Å²) in [5.74, 6) is -0.00926. The first kappa shape index (κ1) is 57.6. The second kappa shape index (κ2) is 24.2. The van der Waals surface area contributed by atoms with Crippen molar-refractivity contribution >= 4 is 46.0 Å². The Labute approximate surface area is 485 Å². The van der Waals surface area contributed by atoms with Gasteiger partial charge in [-0.15, -0.1) is 0 Å². The second-order valence-corrected chi connectivity index (χ2v) is 22.8. The molecule has 0 spiro atoms. The molecule has 20 nitrogen and oxygen atoms in total. The highest BCUT2D eigenvalue weighted by Crippen LogP contribution is 2.41. The highest BCUT2D eigenvalue weighted by Gasteiger charge is 2.46. The van der Waals surface area contributed by atoms with Crippen LogP contribution < -0.4 is 9.47 Å². The highest BCUT2D eigenvalue weighted by molar-refractivity contribution is 7.99. The number of H-pyrrole nitrogens is 2. The Morgan fingerprint density at radius 1 is 0.440 bits per heavy atom. The van der Waals surface area contributed by atoms with Crippen molar-refractivity contribution < 1.29 is 80.2 Å². The molecule has 12 rings (SSSR count). The number of thioether (sulfide) groups is 1. The predicted octanol–water partition coefficient (Wildman–Crippen LogP) is 3.85. The zero-order chi connectivity index (χ0) is 58.5. The van der Waals surface area contributed by atoms with E-state index in [0.29, 0.717) is 51.5 Å². The average Bonchev–Trinajstić information content (AvgIpc) is 4.57. The number of hydrogen-bond acceptors (Lipinski definition) is 19. The number of benzene rings is 4. The van der Waals surface area contributed by atoms with Gasteiger partial charge in [-0.1, -0.05) is 78.5 Å². The van der Waals surface area contributed by atoms with E-state index in [9.17, 15) is 61.3 Å². The normalized spacial score (nSPS) is 28.7. The van der Waals surface area contributed by atoms with Gasteiger partial charge in [0, 0.05) is 61.7 Å². The Morgan fingerprint density at radius 2 is 0.905 bits per heavy atom. The first-order valence-corrected chi connectivity index (χ1v) is 28.7. The van der Waals surface area contributed by atoms with Crippen molar-refractivity contribution in [2.24, 2.45) is 5.92 Å². The molecule has 14 N–H and O–H groups in total. The topological polar surface area (TPSA) is 337 Å². The molecule has 0 amide bonds. The van der Waals surface area contributed by atoms with E-state index in [1.165, 1.54) is 0 Å². The number of aliphatic hydroxyl groups excluding tert-OH is 12. The number of aromatic amines is 2. The lowest BCUT2D eigenvalue weighted by atomic mass is 9.81. The molecule has 1 saturated carbocycles. The van der Waals surface area contributed by atoms with Gasteiger partial charge >= 0.3 is 0 Å². The van der Waals surface area contributed by atoms with E-state index in [1.54, 1.807) is 24.3 Å². The maximum Gasteiger partial charge on any atom is 0.229 e. The Kier molecular flexibility index (Phi) is 16.6. The number of aryl methyl sites for hydroxylation is 2. The van der Waals surface area contributed by atoms with Gasteiger partial charge in [0.25, 0.3) is 0 Å². The van der Waals surface area contributed by atoms with Crippen LogP contribution in [0.15, 0.2) is 132 Å². The molecule has 7 heterocycles. The maximum absolute atomic E-state index is 10.9. The van der Waals surface area contributed by atoms with Crippen LogP contribution in [0.25, 0.3) is 78.7 Å². The van der Waals surface area contributed by atoms with Gasteiger partial charge in [-0.05, 0) is 114 Å². The standard InChI is InChI=1S/C63H64N4O16S/c68-27-34-26-46(54(72)57(75)53(34)71)80-35-12-6-31(7-13-35)50-40-20-18-38(64-40)49(30-4-2-1-3-5-30)39-19-21-41(65-39)51(32-8-14-36(15-9-32)81-62-60(78)58(76)55(73)47(28-69)82-62)43-23-25-45(67-43)52(44-24-22-42(50)66-44)33-10-16-37(17-11-33)84-63-61(79)59(77)56(74)48(29-70)83-63/h1-21,23,25,34,46-48,53-64,67-79H,22,24,26-29H2/t34-,46-,47-,48-,53+,54-,55+,56+,57+,58+,59+,60+,61+,62+,63+/m1/s1. The first-order valence-electron chi connectivity index (χ1n) is 27.8. The summed E-state index contributed by atoms with van der Waals surface area (Å²) < 4.78 is 23.7. The SMILES string of the molecule is OC[C@H]1C[C@@H](Oc2ccc(-c3c4nc(c(-c5ccc(S[C@@H]6O[C@H](CO)[C@H](O)[C@H](O)[C@@H]6O)cc5)c5ccc([nH]5)c(-c5ccc(O[C@H]6O[C@H](CO)[C@H](O)[C@H](O)[C@@H]6O)cc5)c5nc(c(-c6ccccc6)c6ccc3[nH]6)C=C5)CC4)cc2)[C@@H](O)[C@@H](O)[C@H]1O. The first-order chi connectivity index (χ1) is 40.7. The fraction of sp³-hybridized carbons (Fsp3) is 0.333. The Morgan fingerprint density at radius 3 is 1.44 bits per heavy atom. The molecule has 4 aromatic carbocycles. The Bertz CT molecular complexity index is 3670. The third-order valence-corrected chi connectivity index (χ3v) is 17.5. The molecule has 3 aromatic heterocycles. The number of ether oxygens (including phenoxy) is 4. The highest BCUT2D eigenvalue weighted by atomic mass is 32.2. The Balaban J connectivity index is 1.02. The summed E-state index contributed by atoms with van der Waals surface area (Å²) in [7, 11) is 0. The van der Waals surface area contributed by atoms with Crippen LogP contribution in [0.1, 0.15) is 29.2 Å². The number of hydrogen-bond donors (Lipinski definition) is 14. The monoisotopic (exact) mass is 1160 g/mol. The summed E-state index contributed by atoms with van der Waals surface area (Å²) in [5.41, 5.74) is 11.1. The number of rotatable bonds is 13. The Hall–Kier alpha value is -6.87. The van der Waals surface area contributed by atoms with Gasteiger partial charge in [-0.25, -0.2) is 4.98 Å². The van der Waals surface area contributed by atoms with Gasteiger partial charge in [0.1, 0.15) is 84.1 Å². The van der Waals surface area contributed by atoms with E-state index >= 15 is 0 Å². The van der Waals surface area contributed by atoms with Crippen molar-refractivity contribution in [3.8, 4) is 56.0 Å². The van der Waals surface area contributed by atoms with E-state index in [0.717, 1.165) is 73.1 Å². The van der Waals surface area contributed by atoms with Crippen molar-refractivity contribution in [1.29, 1.82) is 0 Å². The summed E-state index contributed by atoms with van der Waals surface area (Å²) >= 11 is 1.14. The van der Waals surface area contributed by atoms with Gasteiger partial charge < -0.3 is 90.2 Å². The average molecular weight is 1170 g/mol. The van der Waals surface area contributed by atoms with E-state index in [-0.39, 0.29) is 18.8 Å². The van der Waals surface area contributed by atoms with Crippen molar-refractivity contribution in [1.82, 2.24) is 19.9 Å². The number of aliphatic hydroxyl groups is 12. The fourth-order valence-corrected chi connectivity index (χ4v) is 12.8. The van der Waals surface area contributed by atoms with Crippen molar-refractivity contribution in [2.45, 2.75) is 109 Å². The minimum absolute atomic E-state index is 0.121. The van der Waals surface area contributed by atoms with Crippen molar-refractivity contribution in [2.75, 3.05) is 19.8 Å². The lowest BCUT2D eigenvalue weighted by Crippen LogP contribution is -2.60. The summed E-state index contributed by atoms with van der Waals surface area (Å²) in [6, 6.07) is 39.9. The predicted molar refractivity (Wildman–Crippen MR) is 311 cm³/mol. The largest absolute Gasteiger partial charge is 0.488 e. The van der Waals surface area contributed by atoms with Crippen LogP contribution in [0, 0.1) is 5.92 Å². The minimum atomic E-state index is -1.63. The van der Waals surface area contributed by atoms with Crippen molar-refractivity contribution in [3.05, 3.63) is 150 Å². The molecule has 1 aliphatic carbocycles.